The van der Waals surface area contributed by atoms with Crippen molar-refractivity contribution < 1.29 is 9.90 Å². The molecule has 1 amide bonds. The first-order valence-corrected chi connectivity index (χ1v) is 9.99. The van der Waals surface area contributed by atoms with E-state index in [4.69, 9.17) is 5.11 Å². The maximum Gasteiger partial charge on any atom is 0.227 e. The standard InChI is InChI=1S/C21H28N4O2/c26-14-13-24-12-9-20(22-24)18-3-1-10-23(16-18)15-17-5-7-19(8-6-17)25-11-2-4-21(25)27/h5-9,12,18,26H,1-4,10-11,13-16H2/t18-/m1/s1. The molecule has 0 spiro atoms. The average molecular weight is 368 g/mol. The molecular weight excluding hydrogens is 340 g/mol. The van der Waals surface area contributed by atoms with Crippen molar-refractivity contribution in [2.24, 2.45) is 0 Å². The molecule has 0 saturated carbocycles. The second-order valence-corrected chi connectivity index (χ2v) is 7.62. The summed E-state index contributed by atoms with van der Waals surface area (Å²) in [4.78, 5) is 16.3. The average Bonchev–Trinajstić information content (AvgIpc) is 3.32. The molecule has 144 valence electrons. The lowest BCUT2D eigenvalue weighted by Gasteiger charge is -2.32. The molecule has 1 N–H and O–H groups in total. The maximum absolute atomic E-state index is 11.9. The number of aliphatic hydroxyl groups excluding tert-OH is 1. The minimum absolute atomic E-state index is 0.122. The molecule has 0 aliphatic carbocycles. The topological polar surface area (TPSA) is 61.6 Å². The lowest BCUT2D eigenvalue weighted by Crippen LogP contribution is -2.34. The summed E-state index contributed by atoms with van der Waals surface area (Å²) in [5.41, 5.74) is 3.44. The first-order valence-electron chi connectivity index (χ1n) is 9.99. The lowest BCUT2D eigenvalue weighted by molar-refractivity contribution is -0.117. The second kappa shape index (κ2) is 8.23. The fourth-order valence-corrected chi connectivity index (χ4v) is 4.22. The predicted octanol–water partition coefficient (Wildman–Crippen LogP) is 2.38. The van der Waals surface area contributed by atoms with Crippen LogP contribution in [0.3, 0.4) is 0 Å². The summed E-state index contributed by atoms with van der Waals surface area (Å²) in [6, 6.07) is 10.6. The zero-order chi connectivity index (χ0) is 18.6. The van der Waals surface area contributed by atoms with Gasteiger partial charge in [0.25, 0.3) is 0 Å². The molecular formula is C21H28N4O2. The number of piperidine rings is 1. The van der Waals surface area contributed by atoms with E-state index in [1.165, 1.54) is 18.4 Å². The van der Waals surface area contributed by atoms with Crippen LogP contribution < -0.4 is 4.90 Å². The van der Waals surface area contributed by atoms with E-state index >= 15 is 0 Å². The SMILES string of the molecule is O=C1CCCN1c1ccc(CN2CCC[C@@H](c3ccn(CCO)n3)C2)cc1. The number of carbonyl (C=O) groups excluding carboxylic acids is 1. The van der Waals surface area contributed by atoms with Crippen molar-refractivity contribution in [1.29, 1.82) is 0 Å². The van der Waals surface area contributed by atoms with Crippen molar-refractivity contribution in [3.05, 3.63) is 47.8 Å². The van der Waals surface area contributed by atoms with Gasteiger partial charge in [0.1, 0.15) is 0 Å². The number of carbonyl (C=O) groups is 1. The third-order valence-electron chi connectivity index (χ3n) is 5.64. The van der Waals surface area contributed by atoms with Crippen molar-refractivity contribution in [2.75, 3.05) is 31.1 Å². The van der Waals surface area contributed by atoms with Gasteiger partial charge in [-0.25, -0.2) is 0 Å². The molecule has 2 saturated heterocycles. The van der Waals surface area contributed by atoms with Crippen LogP contribution in [-0.2, 0) is 17.9 Å². The second-order valence-electron chi connectivity index (χ2n) is 7.62. The minimum Gasteiger partial charge on any atom is -0.394 e. The summed E-state index contributed by atoms with van der Waals surface area (Å²) in [6.07, 6.45) is 5.94. The molecule has 0 unspecified atom stereocenters. The van der Waals surface area contributed by atoms with Crippen molar-refractivity contribution in [3.63, 3.8) is 0 Å². The number of hydrogen-bond acceptors (Lipinski definition) is 4. The Balaban J connectivity index is 1.36. The van der Waals surface area contributed by atoms with Gasteiger partial charge < -0.3 is 10.0 Å². The number of likely N-dealkylation sites (tertiary alicyclic amines) is 1. The van der Waals surface area contributed by atoms with Crippen LogP contribution in [0, 0.1) is 0 Å². The maximum atomic E-state index is 11.9. The predicted molar refractivity (Wildman–Crippen MR) is 105 cm³/mol. The van der Waals surface area contributed by atoms with Crippen molar-refractivity contribution >= 4 is 11.6 Å². The highest BCUT2D eigenvalue weighted by molar-refractivity contribution is 5.95. The number of aromatic nitrogens is 2. The number of amides is 1. The van der Waals surface area contributed by atoms with Crippen LogP contribution in [0.2, 0.25) is 0 Å². The van der Waals surface area contributed by atoms with Gasteiger partial charge in [0.15, 0.2) is 0 Å². The number of benzene rings is 1. The van der Waals surface area contributed by atoms with Gasteiger partial charge in [-0.2, -0.15) is 5.10 Å². The Kier molecular flexibility index (Phi) is 5.55. The van der Waals surface area contributed by atoms with Gasteiger partial charge in [0.05, 0.1) is 18.8 Å². The summed E-state index contributed by atoms with van der Waals surface area (Å²) in [6.45, 7) is 4.58. The van der Waals surface area contributed by atoms with Crippen LogP contribution >= 0.6 is 0 Å². The van der Waals surface area contributed by atoms with Gasteiger partial charge in [-0.15, -0.1) is 0 Å². The molecule has 1 aromatic heterocycles. The van der Waals surface area contributed by atoms with Gasteiger partial charge in [0.2, 0.25) is 5.91 Å². The molecule has 6 nitrogen and oxygen atoms in total. The number of nitrogens with zero attached hydrogens (tertiary/aromatic N) is 4. The summed E-state index contributed by atoms with van der Waals surface area (Å²) in [5.74, 6) is 0.697. The quantitative estimate of drug-likeness (QED) is 0.850. The van der Waals surface area contributed by atoms with Crippen LogP contribution in [0.4, 0.5) is 5.69 Å². The monoisotopic (exact) mass is 368 g/mol. The highest BCUT2D eigenvalue weighted by Gasteiger charge is 2.24. The van der Waals surface area contributed by atoms with E-state index in [2.05, 4.69) is 40.3 Å². The van der Waals surface area contributed by atoms with E-state index in [1.807, 2.05) is 15.8 Å². The van der Waals surface area contributed by atoms with Crippen LogP contribution in [0.5, 0.6) is 0 Å². The number of hydrogen-bond donors (Lipinski definition) is 1. The largest absolute Gasteiger partial charge is 0.394 e. The Morgan fingerprint density at radius 1 is 1.11 bits per heavy atom. The summed E-state index contributed by atoms with van der Waals surface area (Å²) in [5, 5.41) is 13.7. The summed E-state index contributed by atoms with van der Waals surface area (Å²) < 4.78 is 1.83. The smallest absolute Gasteiger partial charge is 0.227 e. The fraction of sp³-hybridized carbons (Fsp3) is 0.524. The van der Waals surface area contributed by atoms with Gasteiger partial charge in [-0.3, -0.25) is 14.4 Å². The highest BCUT2D eigenvalue weighted by Crippen LogP contribution is 2.27. The Morgan fingerprint density at radius 2 is 1.96 bits per heavy atom. The third kappa shape index (κ3) is 4.22. The molecule has 2 aliphatic rings. The normalized spacial score (nSPS) is 21.1. The van der Waals surface area contributed by atoms with Gasteiger partial charge in [-0.1, -0.05) is 12.1 Å². The summed E-state index contributed by atoms with van der Waals surface area (Å²) >= 11 is 0. The Hall–Kier alpha value is -2.18. The van der Waals surface area contributed by atoms with E-state index in [0.717, 1.165) is 44.0 Å². The van der Waals surface area contributed by atoms with Crippen LogP contribution in [-0.4, -0.2) is 51.9 Å². The Bertz CT molecular complexity index is 771. The van der Waals surface area contributed by atoms with E-state index < -0.39 is 0 Å². The van der Waals surface area contributed by atoms with Crippen molar-refractivity contribution in [1.82, 2.24) is 14.7 Å². The zero-order valence-electron chi connectivity index (χ0n) is 15.8. The first-order chi connectivity index (χ1) is 13.2. The van der Waals surface area contributed by atoms with Crippen LogP contribution in [0.15, 0.2) is 36.5 Å². The van der Waals surface area contributed by atoms with E-state index in [1.54, 1.807) is 0 Å². The molecule has 6 heteroatoms. The lowest BCUT2D eigenvalue weighted by atomic mass is 9.94. The Labute approximate surface area is 160 Å². The number of anilines is 1. The number of rotatable bonds is 6. The third-order valence-corrected chi connectivity index (χ3v) is 5.64. The zero-order valence-corrected chi connectivity index (χ0v) is 15.8. The first kappa shape index (κ1) is 18.2. The molecule has 2 fully saturated rings. The summed E-state index contributed by atoms with van der Waals surface area (Å²) in [7, 11) is 0. The van der Waals surface area contributed by atoms with Gasteiger partial charge >= 0.3 is 0 Å². The minimum atomic E-state index is 0.122. The van der Waals surface area contributed by atoms with Crippen molar-refractivity contribution in [2.45, 2.75) is 44.7 Å². The molecule has 0 radical (unpaired) electrons. The Morgan fingerprint density at radius 3 is 2.70 bits per heavy atom. The molecule has 1 aromatic carbocycles. The van der Waals surface area contributed by atoms with Crippen LogP contribution in [0.1, 0.15) is 42.9 Å². The molecule has 2 aliphatic heterocycles. The van der Waals surface area contributed by atoms with Crippen molar-refractivity contribution in [3.8, 4) is 0 Å². The molecule has 0 bridgehead atoms. The van der Waals surface area contributed by atoms with Gasteiger partial charge in [0, 0.05) is 43.9 Å². The molecule has 2 aromatic rings. The van der Waals surface area contributed by atoms with Gasteiger partial charge in [-0.05, 0) is 49.6 Å². The van der Waals surface area contributed by atoms with E-state index in [9.17, 15) is 4.79 Å². The van der Waals surface area contributed by atoms with Crippen LogP contribution in [0.25, 0.3) is 0 Å². The molecule has 3 heterocycles. The molecule has 4 rings (SSSR count). The highest BCUT2D eigenvalue weighted by atomic mass is 16.3. The van der Waals surface area contributed by atoms with E-state index in [-0.39, 0.29) is 12.5 Å². The molecule has 1 atom stereocenters. The fourth-order valence-electron chi connectivity index (χ4n) is 4.22. The molecule has 27 heavy (non-hydrogen) atoms. The van der Waals surface area contributed by atoms with E-state index in [0.29, 0.717) is 18.9 Å². The number of aliphatic hydroxyl groups is 1.